The number of rotatable bonds is 11. The van der Waals surface area contributed by atoms with E-state index in [2.05, 4.69) is 44.9 Å². The Morgan fingerprint density at radius 2 is 1.79 bits per heavy atom. The smallest absolute Gasteiger partial charge is 0.231 e. The summed E-state index contributed by atoms with van der Waals surface area (Å²) in [5, 5.41) is 12.4. The lowest BCUT2D eigenvalue weighted by Gasteiger charge is -2.27. The van der Waals surface area contributed by atoms with Gasteiger partial charge in [-0.15, -0.1) is 0 Å². The van der Waals surface area contributed by atoms with E-state index in [1.807, 2.05) is 47.1 Å². The number of nitrogens with one attached hydrogen (secondary N) is 2. The number of benzene rings is 2. The molecule has 4 atom stereocenters. The van der Waals surface area contributed by atoms with Gasteiger partial charge in [-0.25, -0.2) is 4.68 Å². The third-order valence-corrected chi connectivity index (χ3v) is 8.75. The number of carbonyl (C=O) groups is 1. The Morgan fingerprint density at radius 3 is 2.57 bits per heavy atom. The van der Waals surface area contributed by atoms with Crippen molar-refractivity contribution in [2.75, 3.05) is 36.9 Å². The lowest BCUT2D eigenvalue weighted by Crippen LogP contribution is -2.41. The van der Waals surface area contributed by atoms with Gasteiger partial charge in [0.1, 0.15) is 18.2 Å². The number of hydrogen-bond donors (Lipinski definition) is 3. The summed E-state index contributed by atoms with van der Waals surface area (Å²) in [6.45, 7) is 4.54. The molecule has 4 aromatic rings. The van der Waals surface area contributed by atoms with E-state index < -0.39 is 0 Å². The van der Waals surface area contributed by atoms with E-state index in [1.54, 1.807) is 6.20 Å². The quantitative estimate of drug-likeness (QED) is 0.232. The third kappa shape index (κ3) is 5.42. The average molecular weight is 565 g/mol. The topological polar surface area (TPSA) is 123 Å². The zero-order valence-corrected chi connectivity index (χ0v) is 23.5. The summed E-state index contributed by atoms with van der Waals surface area (Å²) in [4.78, 5) is 24.6. The van der Waals surface area contributed by atoms with E-state index in [-0.39, 0.29) is 29.7 Å². The van der Waals surface area contributed by atoms with Gasteiger partial charge in [-0.2, -0.15) is 15.1 Å². The van der Waals surface area contributed by atoms with Crippen LogP contribution in [0.5, 0.6) is 5.75 Å². The van der Waals surface area contributed by atoms with Gasteiger partial charge < -0.3 is 21.1 Å². The number of amides is 1. The summed E-state index contributed by atoms with van der Waals surface area (Å²) in [6.07, 6.45) is 9.59. The van der Waals surface area contributed by atoms with E-state index in [0.29, 0.717) is 30.6 Å². The molecule has 2 aromatic carbocycles. The molecule has 1 amide bonds. The molecule has 0 radical (unpaired) electrons. The molecule has 2 aromatic heterocycles. The van der Waals surface area contributed by atoms with Crippen molar-refractivity contribution < 1.29 is 9.53 Å². The minimum Gasteiger partial charge on any atom is -0.492 e. The van der Waals surface area contributed by atoms with Crippen LogP contribution in [0.15, 0.2) is 72.9 Å². The van der Waals surface area contributed by atoms with Crippen LogP contribution in [0.25, 0.3) is 11.0 Å². The normalized spacial score (nSPS) is 23.0. The highest BCUT2D eigenvalue weighted by atomic mass is 16.5. The lowest BCUT2D eigenvalue weighted by atomic mass is 9.88. The number of fused-ring (bicyclic) bond motifs is 3. The summed E-state index contributed by atoms with van der Waals surface area (Å²) in [5.74, 6) is 1.75. The summed E-state index contributed by atoms with van der Waals surface area (Å²) < 4.78 is 7.86. The number of hydrogen-bond acceptors (Lipinski definition) is 8. The van der Waals surface area contributed by atoms with E-state index in [4.69, 9.17) is 20.4 Å². The Bertz CT molecular complexity index is 1580. The molecule has 1 saturated heterocycles. The van der Waals surface area contributed by atoms with Crippen LogP contribution in [0.2, 0.25) is 0 Å². The first-order valence-corrected chi connectivity index (χ1v) is 14.8. The fraction of sp³-hybridized carbons (Fsp3) is 0.375. The fourth-order valence-corrected chi connectivity index (χ4v) is 6.62. The molecule has 2 unspecified atom stereocenters. The SMILES string of the molecule is NC(=O)[C@H]1C2C=CC(C2)[C@H]1Nc1nc(Nc2ccc(OCCN3CCCC3)cc2)nc2c1cnn2Cc1ccccc1. The predicted molar refractivity (Wildman–Crippen MR) is 163 cm³/mol. The molecule has 1 aliphatic heterocycles. The average Bonchev–Trinajstić information content (AvgIpc) is 3.81. The standard InChI is InChI=1S/C32H36N8O2/c33-29(41)27-22-8-9-23(18-22)28(27)36-30-26-19-34-40(20-21-6-2-1-3-7-21)31(26)38-32(37-30)35-24-10-12-25(13-11-24)42-17-16-39-14-4-5-15-39/h1-3,6-13,19,22-23,27-28H,4-5,14-18,20H2,(H2,33,41)(H2,35,36,37,38)/t22?,23?,27-,28+/m0/s1. The predicted octanol–water partition coefficient (Wildman–Crippen LogP) is 4.18. The van der Waals surface area contributed by atoms with Crippen molar-refractivity contribution in [3.63, 3.8) is 0 Å². The maximum atomic E-state index is 12.4. The van der Waals surface area contributed by atoms with Gasteiger partial charge in [-0.1, -0.05) is 42.5 Å². The first-order chi connectivity index (χ1) is 20.6. The number of allylic oxidation sites excluding steroid dienone is 1. The van der Waals surface area contributed by atoms with Gasteiger partial charge >= 0.3 is 0 Å². The van der Waals surface area contributed by atoms with E-state index in [1.165, 1.54) is 25.9 Å². The number of ether oxygens (including phenoxy) is 1. The summed E-state index contributed by atoms with van der Waals surface area (Å²) in [5.41, 5.74) is 8.52. The monoisotopic (exact) mass is 564 g/mol. The first-order valence-electron chi connectivity index (χ1n) is 14.8. The third-order valence-electron chi connectivity index (χ3n) is 8.75. The van der Waals surface area contributed by atoms with Gasteiger partial charge in [0, 0.05) is 18.3 Å². The number of likely N-dealkylation sites (tertiary alicyclic amines) is 1. The van der Waals surface area contributed by atoms with Crippen molar-refractivity contribution in [3.8, 4) is 5.75 Å². The van der Waals surface area contributed by atoms with Gasteiger partial charge in [0.25, 0.3) is 0 Å². The zero-order chi connectivity index (χ0) is 28.5. The Labute approximate surface area is 245 Å². The van der Waals surface area contributed by atoms with E-state index >= 15 is 0 Å². The first kappa shape index (κ1) is 26.5. The van der Waals surface area contributed by atoms with Crippen molar-refractivity contribution in [3.05, 3.63) is 78.5 Å². The van der Waals surface area contributed by atoms with Crippen LogP contribution in [-0.2, 0) is 11.3 Å². The minimum atomic E-state index is -0.282. The summed E-state index contributed by atoms with van der Waals surface area (Å²) in [6, 6.07) is 17.9. The van der Waals surface area contributed by atoms with Crippen LogP contribution < -0.4 is 21.1 Å². The van der Waals surface area contributed by atoms with Gasteiger partial charge in [-0.3, -0.25) is 9.69 Å². The van der Waals surface area contributed by atoms with Crippen LogP contribution in [0.3, 0.4) is 0 Å². The highest BCUT2D eigenvalue weighted by Gasteiger charge is 2.47. The molecular weight excluding hydrogens is 528 g/mol. The molecule has 10 nitrogen and oxygen atoms in total. The molecule has 4 N–H and O–H groups in total. The van der Waals surface area contributed by atoms with Crippen molar-refractivity contribution in [2.45, 2.75) is 31.8 Å². The Balaban J connectivity index is 1.14. The van der Waals surface area contributed by atoms with Gasteiger partial charge in [0.15, 0.2) is 5.65 Å². The molecule has 7 rings (SSSR count). The van der Waals surface area contributed by atoms with Crippen LogP contribution >= 0.6 is 0 Å². The minimum absolute atomic E-state index is 0.127. The Morgan fingerprint density at radius 1 is 1.00 bits per heavy atom. The van der Waals surface area contributed by atoms with Crippen molar-refractivity contribution in [1.82, 2.24) is 24.6 Å². The Kier molecular flexibility index (Phi) is 7.21. The maximum Gasteiger partial charge on any atom is 0.231 e. The van der Waals surface area contributed by atoms with Crippen molar-refractivity contribution in [1.29, 1.82) is 0 Å². The molecule has 3 aliphatic rings. The second-order valence-corrected chi connectivity index (χ2v) is 11.5. The molecule has 42 heavy (non-hydrogen) atoms. The largest absolute Gasteiger partial charge is 0.492 e. The second kappa shape index (κ2) is 11.4. The summed E-state index contributed by atoms with van der Waals surface area (Å²) in [7, 11) is 0. The molecule has 2 bridgehead atoms. The zero-order valence-electron chi connectivity index (χ0n) is 23.5. The molecule has 1 saturated carbocycles. The Hall–Kier alpha value is -4.44. The van der Waals surface area contributed by atoms with Gasteiger partial charge in [0.05, 0.1) is 24.0 Å². The molecular formula is C32H36N8O2. The second-order valence-electron chi connectivity index (χ2n) is 11.5. The lowest BCUT2D eigenvalue weighted by molar-refractivity contribution is -0.122. The molecule has 3 heterocycles. The van der Waals surface area contributed by atoms with Crippen LogP contribution in [0.1, 0.15) is 24.8 Å². The molecule has 216 valence electrons. The number of primary amides is 1. The molecule has 0 spiro atoms. The molecule has 10 heteroatoms. The fourth-order valence-electron chi connectivity index (χ4n) is 6.62. The maximum absolute atomic E-state index is 12.4. The van der Waals surface area contributed by atoms with Crippen molar-refractivity contribution >= 4 is 34.4 Å². The van der Waals surface area contributed by atoms with Gasteiger partial charge in [-0.05, 0) is 74.0 Å². The highest BCUT2D eigenvalue weighted by molar-refractivity contribution is 5.89. The molecule has 2 aliphatic carbocycles. The molecule has 2 fully saturated rings. The van der Waals surface area contributed by atoms with E-state index in [0.717, 1.165) is 35.4 Å². The van der Waals surface area contributed by atoms with Crippen LogP contribution in [0.4, 0.5) is 17.5 Å². The number of nitrogens with two attached hydrogens (primary N) is 1. The number of carbonyl (C=O) groups excluding carboxylic acids is 1. The summed E-state index contributed by atoms with van der Waals surface area (Å²) >= 11 is 0. The van der Waals surface area contributed by atoms with E-state index in [9.17, 15) is 4.79 Å². The van der Waals surface area contributed by atoms with Crippen LogP contribution in [-0.4, -0.2) is 62.8 Å². The number of anilines is 3. The number of nitrogens with zero attached hydrogens (tertiary/aromatic N) is 5. The number of aromatic nitrogens is 4. The van der Waals surface area contributed by atoms with Gasteiger partial charge in [0.2, 0.25) is 11.9 Å². The van der Waals surface area contributed by atoms with Crippen molar-refractivity contribution in [2.24, 2.45) is 23.5 Å². The van der Waals surface area contributed by atoms with Crippen LogP contribution in [0, 0.1) is 17.8 Å². The highest BCUT2D eigenvalue weighted by Crippen LogP contribution is 2.45.